The predicted molar refractivity (Wildman–Crippen MR) is 77.5 cm³/mol. The van der Waals surface area contributed by atoms with Gasteiger partial charge in [-0.05, 0) is 31.2 Å². The van der Waals surface area contributed by atoms with Gasteiger partial charge >= 0.3 is 0 Å². The lowest BCUT2D eigenvalue weighted by molar-refractivity contribution is 0.233. The molecule has 0 saturated carbocycles. The lowest BCUT2D eigenvalue weighted by Gasteiger charge is -2.18. The van der Waals surface area contributed by atoms with E-state index < -0.39 is 0 Å². The molecule has 0 spiro atoms. The number of hydrogen-bond donors (Lipinski definition) is 1. The average Bonchev–Trinajstić information content (AvgIpc) is 2.42. The zero-order chi connectivity index (χ0) is 14.3. The Hall–Kier alpha value is -1.42. The van der Waals surface area contributed by atoms with Gasteiger partial charge < -0.3 is 19.5 Å². The van der Waals surface area contributed by atoms with Crippen molar-refractivity contribution >= 4 is 0 Å². The fraction of sp³-hybridized carbons (Fsp3) is 0.600. The zero-order valence-corrected chi connectivity index (χ0v) is 12.6. The van der Waals surface area contributed by atoms with Crippen LogP contribution in [-0.2, 0) is 0 Å². The van der Waals surface area contributed by atoms with Crippen LogP contribution in [0.15, 0.2) is 12.1 Å². The van der Waals surface area contributed by atoms with Crippen molar-refractivity contribution in [2.24, 2.45) is 5.92 Å². The fourth-order valence-electron chi connectivity index (χ4n) is 1.83. The molecule has 0 saturated heterocycles. The van der Waals surface area contributed by atoms with Crippen molar-refractivity contribution in [1.29, 1.82) is 0 Å². The van der Waals surface area contributed by atoms with Crippen molar-refractivity contribution < 1.29 is 14.2 Å². The van der Waals surface area contributed by atoms with Gasteiger partial charge in [0.2, 0.25) is 5.75 Å². The molecule has 1 aromatic carbocycles. The lowest BCUT2D eigenvalue weighted by atomic mass is 10.2. The second kappa shape index (κ2) is 7.89. The van der Waals surface area contributed by atoms with E-state index in [-0.39, 0.29) is 0 Å². The molecule has 0 aliphatic carbocycles. The summed E-state index contributed by atoms with van der Waals surface area (Å²) >= 11 is 0. The second-order valence-electron chi connectivity index (χ2n) is 4.72. The second-order valence-corrected chi connectivity index (χ2v) is 4.72. The Balaban J connectivity index is 2.75. The molecule has 0 aliphatic rings. The lowest BCUT2D eigenvalue weighted by Crippen LogP contribution is -2.24. The van der Waals surface area contributed by atoms with Crippen LogP contribution in [0.2, 0.25) is 0 Å². The summed E-state index contributed by atoms with van der Waals surface area (Å²) in [6.07, 6.45) is 0. The summed E-state index contributed by atoms with van der Waals surface area (Å²) in [4.78, 5) is 0. The standard InChI is InChI=1S/C15H25NO3/c1-6-16-9-12(3)10-19-15-13(17-4)7-11(2)8-14(15)18-5/h7-8,12,16H,6,9-10H2,1-5H3. The van der Waals surface area contributed by atoms with Gasteiger partial charge in [-0.3, -0.25) is 0 Å². The minimum Gasteiger partial charge on any atom is -0.493 e. The van der Waals surface area contributed by atoms with Gasteiger partial charge in [0.15, 0.2) is 11.5 Å². The molecule has 1 unspecified atom stereocenters. The number of nitrogens with one attached hydrogen (secondary N) is 1. The van der Waals surface area contributed by atoms with Gasteiger partial charge in [-0.1, -0.05) is 13.8 Å². The molecule has 1 aromatic rings. The highest BCUT2D eigenvalue weighted by Gasteiger charge is 2.14. The molecule has 1 rings (SSSR count). The minimum absolute atomic E-state index is 0.427. The van der Waals surface area contributed by atoms with E-state index in [0.717, 1.165) is 18.7 Å². The topological polar surface area (TPSA) is 39.7 Å². The third kappa shape index (κ3) is 4.63. The van der Waals surface area contributed by atoms with E-state index in [1.165, 1.54) is 0 Å². The molecule has 0 heterocycles. The quantitative estimate of drug-likeness (QED) is 0.786. The van der Waals surface area contributed by atoms with Crippen molar-refractivity contribution in [3.05, 3.63) is 17.7 Å². The highest BCUT2D eigenvalue weighted by atomic mass is 16.5. The van der Waals surface area contributed by atoms with E-state index in [9.17, 15) is 0 Å². The molecule has 0 aliphatic heterocycles. The van der Waals surface area contributed by atoms with Crippen molar-refractivity contribution in [1.82, 2.24) is 5.32 Å². The first-order valence-corrected chi connectivity index (χ1v) is 6.68. The van der Waals surface area contributed by atoms with E-state index in [0.29, 0.717) is 29.8 Å². The van der Waals surface area contributed by atoms with E-state index >= 15 is 0 Å². The maximum atomic E-state index is 5.87. The molecule has 1 atom stereocenters. The third-order valence-electron chi connectivity index (χ3n) is 2.86. The van der Waals surface area contributed by atoms with E-state index in [1.807, 2.05) is 19.1 Å². The van der Waals surface area contributed by atoms with Crippen LogP contribution in [0.25, 0.3) is 0 Å². The van der Waals surface area contributed by atoms with Crippen molar-refractivity contribution in [3.63, 3.8) is 0 Å². The molecular weight excluding hydrogens is 242 g/mol. The van der Waals surface area contributed by atoms with Gasteiger partial charge in [-0.2, -0.15) is 0 Å². The van der Waals surface area contributed by atoms with Crippen molar-refractivity contribution in [2.45, 2.75) is 20.8 Å². The number of ether oxygens (including phenoxy) is 3. The highest BCUT2D eigenvalue weighted by Crippen LogP contribution is 2.38. The van der Waals surface area contributed by atoms with Crippen LogP contribution in [0.5, 0.6) is 17.2 Å². The summed E-state index contributed by atoms with van der Waals surface area (Å²) in [6.45, 7) is 8.79. The molecule has 1 N–H and O–H groups in total. The number of methoxy groups -OCH3 is 2. The first-order chi connectivity index (χ1) is 9.12. The molecule has 0 aromatic heterocycles. The van der Waals surface area contributed by atoms with Crippen LogP contribution >= 0.6 is 0 Å². The minimum atomic E-state index is 0.427. The molecule has 108 valence electrons. The summed E-state index contributed by atoms with van der Waals surface area (Å²) < 4.78 is 16.6. The van der Waals surface area contributed by atoms with Gasteiger partial charge in [0.1, 0.15) is 0 Å². The molecule has 0 bridgehead atoms. The maximum Gasteiger partial charge on any atom is 0.203 e. The number of rotatable bonds is 8. The van der Waals surface area contributed by atoms with Gasteiger partial charge in [-0.15, -0.1) is 0 Å². The highest BCUT2D eigenvalue weighted by molar-refractivity contribution is 5.53. The zero-order valence-electron chi connectivity index (χ0n) is 12.6. The number of aryl methyl sites for hydroxylation is 1. The molecule has 19 heavy (non-hydrogen) atoms. The number of hydrogen-bond acceptors (Lipinski definition) is 4. The molecule has 4 nitrogen and oxygen atoms in total. The number of benzene rings is 1. The molecule has 4 heteroatoms. The molecule has 0 fully saturated rings. The van der Waals surface area contributed by atoms with Crippen LogP contribution < -0.4 is 19.5 Å². The summed E-state index contributed by atoms with van der Waals surface area (Å²) in [7, 11) is 3.28. The Morgan fingerprint density at radius 3 is 2.21 bits per heavy atom. The summed E-state index contributed by atoms with van der Waals surface area (Å²) in [5.74, 6) is 2.54. The summed E-state index contributed by atoms with van der Waals surface area (Å²) in [6, 6.07) is 3.90. The van der Waals surface area contributed by atoms with Gasteiger partial charge in [0.05, 0.1) is 20.8 Å². The Morgan fingerprint density at radius 2 is 1.74 bits per heavy atom. The van der Waals surface area contributed by atoms with E-state index in [4.69, 9.17) is 14.2 Å². The Labute approximate surface area is 116 Å². The maximum absolute atomic E-state index is 5.87. The van der Waals surface area contributed by atoms with Crippen LogP contribution in [-0.4, -0.2) is 33.9 Å². The van der Waals surface area contributed by atoms with Crippen LogP contribution in [0.1, 0.15) is 19.4 Å². The monoisotopic (exact) mass is 267 g/mol. The first kappa shape index (κ1) is 15.6. The molecule has 0 amide bonds. The smallest absolute Gasteiger partial charge is 0.203 e. The first-order valence-electron chi connectivity index (χ1n) is 6.68. The largest absolute Gasteiger partial charge is 0.493 e. The van der Waals surface area contributed by atoms with Crippen LogP contribution in [0.4, 0.5) is 0 Å². The van der Waals surface area contributed by atoms with Crippen LogP contribution in [0, 0.1) is 12.8 Å². The third-order valence-corrected chi connectivity index (χ3v) is 2.86. The van der Waals surface area contributed by atoms with Gasteiger partial charge in [0, 0.05) is 12.5 Å². The van der Waals surface area contributed by atoms with Gasteiger partial charge in [0.25, 0.3) is 0 Å². The predicted octanol–water partition coefficient (Wildman–Crippen LogP) is 2.64. The van der Waals surface area contributed by atoms with Crippen molar-refractivity contribution in [2.75, 3.05) is 33.9 Å². The SMILES string of the molecule is CCNCC(C)COc1c(OC)cc(C)cc1OC. The van der Waals surface area contributed by atoms with Crippen LogP contribution in [0.3, 0.4) is 0 Å². The Kier molecular flexibility index (Phi) is 6.50. The van der Waals surface area contributed by atoms with E-state index in [1.54, 1.807) is 14.2 Å². The summed E-state index contributed by atoms with van der Waals surface area (Å²) in [5, 5.41) is 3.31. The fourth-order valence-corrected chi connectivity index (χ4v) is 1.83. The average molecular weight is 267 g/mol. The van der Waals surface area contributed by atoms with Crippen molar-refractivity contribution in [3.8, 4) is 17.2 Å². The van der Waals surface area contributed by atoms with Gasteiger partial charge in [-0.25, -0.2) is 0 Å². The normalized spacial score (nSPS) is 12.1. The molecular formula is C15H25NO3. The van der Waals surface area contributed by atoms with E-state index in [2.05, 4.69) is 19.2 Å². The Morgan fingerprint density at radius 1 is 1.16 bits per heavy atom. The summed E-state index contributed by atoms with van der Waals surface area (Å²) in [5.41, 5.74) is 1.08. The Bertz CT molecular complexity index is 368. The molecule has 0 radical (unpaired) electrons.